The molecule has 26 heavy (non-hydrogen) atoms. The Morgan fingerprint density at radius 1 is 1.19 bits per heavy atom. The largest absolute Gasteiger partial charge is 0.326 e. The van der Waals surface area contributed by atoms with Gasteiger partial charge in [0, 0.05) is 41.7 Å². The third kappa shape index (κ3) is 2.44. The Morgan fingerprint density at radius 3 is 3.04 bits per heavy atom. The van der Waals surface area contributed by atoms with Gasteiger partial charge in [-0.15, -0.1) is 5.10 Å². The average molecular weight is 343 g/mol. The van der Waals surface area contributed by atoms with Crippen molar-refractivity contribution >= 4 is 28.9 Å². The summed E-state index contributed by atoms with van der Waals surface area (Å²) < 4.78 is 1.68. The smallest absolute Gasteiger partial charge is 0.247 e. The van der Waals surface area contributed by atoms with E-state index in [-0.39, 0.29) is 5.91 Å². The van der Waals surface area contributed by atoms with E-state index in [4.69, 9.17) is 0 Å². The number of nitrogens with one attached hydrogen (secondary N) is 2. The fourth-order valence-electron chi connectivity index (χ4n) is 3.01. The SMILES string of the molecule is O=C1Cc2cc(Nc3nc4c(-c5cccnc5)nccn4n3)ccc2N1. The number of hydrogen-bond donors (Lipinski definition) is 2. The van der Waals surface area contributed by atoms with Crippen LogP contribution in [0.15, 0.2) is 55.1 Å². The molecule has 0 unspecified atom stereocenters. The van der Waals surface area contributed by atoms with Crippen molar-refractivity contribution in [3.05, 3.63) is 60.7 Å². The predicted octanol–water partition coefficient (Wildman–Crippen LogP) is 2.42. The van der Waals surface area contributed by atoms with E-state index < -0.39 is 0 Å². The van der Waals surface area contributed by atoms with Gasteiger partial charge in [0.15, 0.2) is 5.65 Å². The lowest BCUT2D eigenvalue weighted by atomic mass is 10.1. The first-order valence-electron chi connectivity index (χ1n) is 8.08. The highest BCUT2D eigenvalue weighted by Gasteiger charge is 2.18. The number of anilines is 3. The van der Waals surface area contributed by atoms with E-state index in [9.17, 15) is 4.79 Å². The van der Waals surface area contributed by atoms with Gasteiger partial charge in [-0.3, -0.25) is 14.8 Å². The summed E-state index contributed by atoms with van der Waals surface area (Å²) in [5, 5.41) is 10.5. The number of fused-ring (bicyclic) bond motifs is 2. The number of aromatic nitrogens is 5. The Kier molecular flexibility index (Phi) is 3.14. The molecular weight excluding hydrogens is 330 g/mol. The minimum Gasteiger partial charge on any atom is -0.326 e. The molecule has 4 heterocycles. The van der Waals surface area contributed by atoms with Crippen LogP contribution in [0.25, 0.3) is 16.9 Å². The molecule has 126 valence electrons. The third-order valence-electron chi connectivity index (χ3n) is 4.18. The van der Waals surface area contributed by atoms with E-state index in [1.807, 2.05) is 30.3 Å². The summed E-state index contributed by atoms with van der Waals surface area (Å²) in [6.07, 6.45) is 7.28. The molecule has 0 radical (unpaired) electrons. The van der Waals surface area contributed by atoms with E-state index in [1.165, 1.54) is 0 Å². The highest BCUT2D eigenvalue weighted by Crippen LogP contribution is 2.27. The topological polar surface area (TPSA) is 97.1 Å². The zero-order chi connectivity index (χ0) is 17.5. The molecule has 1 amide bonds. The van der Waals surface area contributed by atoms with Crippen LogP contribution in [0.3, 0.4) is 0 Å². The number of amides is 1. The van der Waals surface area contributed by atoms with Crippen LogP contribution >= 0.6 is 0 Å². The summed E-state index contributed by atoms with van der Waals surface area (Å²) in [7, 11) is 0. The normalized spacial score (nSPS) is 12.8. The van der Waals surface area contributed by atoms with Gasteiger partial charge in [-0.2, -0.15) is 4.98 Å². The fraction of sp³-hybridized carbons (Fsp3) is 0.0556. The molecule has 3 aromatic heterocycles. The molecule has 0 fully saturated rings. The second kappa shape index (κ2) is 5.62. The number of hydrogen-bond acceptors (Lipinski definition) is 6. The lowest BCUT2D eigenvalue weighted by Crippen LogP contribution is -2.03. The molecule has 0 atom stereocenters. The van der Waals surface area contributed by atoms with Crippen molar-refractivity contribution in [2.45, 2.75) is 6.42 Å². The first kappa shape index (κ1) is 14.5. The maximum atomic E-state index is 11.5. The molecule has 0 aliphatic carbocycles. The second-order valence-electron chi connectivity index (χ2n) is 5.94. The fourth-order valence-corrected chi connectivity index (χ4v) is 3.01. The van der Waals surface area contributed by atoms with Gasteiger partial charge in [0.1, 0.15) is 5.69 Å². The Labute approximate surface area is 147 Å². The Morgan fingerprint density at radius 2 is 2.15 bits per heavy atom. The van der Waals surface area contributed by atoms with E-state index in [2.05, 4.69) is 30.7 Å². The minimum absolute atomic E-state index is 0.00944. The molecule has 8 nitrogen and oxygen atoms in total. The van der Waals surface area contributed by atoms with Crippen molar-refractivity contribution in [2.24, 2.45) is 0 Å². The van der Waals surface area contributed by atoms with Gasteiger partial charge in [0.25, 0.3) is 0 Å². The van der Waals surface area contributed by atoms with Gasteiger partial charge in [-0.25, -0.2) is 4.52 Å². The standard InChI is InChI=1S/C18H13N7O/c26-15-9-12-8-13(3-4-14(12)22-15)21-18-23-17-16(11-2-1-5-19-10-11)20-6-7-25(17)24-18/h1-8,10H,9H2,(H,21,24)(H,22,26). The van der Waals surface area contributed by atoms with E-state index in [0.717, 1.165) is 22.5 Å². The lowest BCUT2D eigenvalue weighted by molar-refractivity contribution is -0.115. The van der Waals surface area contributed by atoms with Gasteiger partial charge >= 0.3 is 0 Å². The average Bonchev–Trinajstić information content (AvgIpc) is 3.23. The van der Waals surface area contributed by atoms with Gasteiger partial charge in [0.05, 0.1) is 6.42 Å². The van der Waals surface area contributed by atoms with Gasteiger partial charge in [0.2, 0.25) is 11.9 Å². The van der Waals surface area contributed by atoms with Crippen LogP contribution in [0.4, 0.5) is 17.3 Å². The van der Waals surface area contributed by atoms with Crippen LogP contribution in [0.2, 0.25) is 0 Å². The number of nitrogens with zero attached hydrogens (tertiary/aromatic N) is 5. The highest BCUT2D eigenvalue weighted by molar-refractivity contribution is 5.99. The lowest BCUT2D eigenvalue weighted by Gasteiger charge is -2.04. The van der Waals surface area contributed by atoms with Crippen LogP contribution in [0.5, 0.6) is 0 Å². The quantitative estimate of drug-likeness (QED) is 0.593. The predicted molar refractivity (Wildman–Crippen MR) is 96.1 cm³/mol. The summed E-state index contributed by atoms with van der Waals surface area (Å²) in [4.78, 5) is 24.6. The molecule has 4 aromatic rings. The number of rotatable bonds is 3. The summed E-state index contributed by atoms with van der Waals surface area (Å²) in [5.41, 5.74) is 4.87. The monoisotopic (exact) mass is 343 g/mol. The molecule has 2 N–H and O–H groups in total. The van der Waals surface area contributed by atoms with Gasteiger partial charge < -0.3 is 10.6 Å². The van der Waals surface area contributed by atoms with E-state index in [0.29, 0.717) is 23.7 Å². The summed E-state index contributed by atoms with van der Waals surface area (Å²) in [6.45, 7) is 0. The zero-order valence-corrected chi connectivity index (χ0v) is 13.5. The van der Waals surface area contributed by atoms with Crippen LogP contribution in [0.1, 0.15) is 5.56 Å². The van der Waals surface area contributed by atoms with Gasteiger partial charge in [-0.05, 0) is 35.9 Å². The Balaban J connectivity index is 1.51. The summed E-state index contributed by atoms with van der Waals surface area (Å²) in [5.74, 6) is 0.468. The first-order valence-corrected chi connectivity index (χ1v) is 8.08. The van der Waals surface area contributed by atoms with E-state index >= 15 is 0 Å². The number of carbonyl (C=O) groups excluding carboxylic acids is 1. The second-order valence-corrected chi connectivity index (χ2v) is 5.94. The number of carbonyl (C=O) groups is 1. The molecule has 8 heteroatoms. The molecule has 1 aliphatic rings. The Hall–Kier alpha value is -3.81. The van der Waals surface area contributed by atoms with Crippen molar-refractivity contribution in [1.82, 2.24) is 24.6 Å². The zero-order valence-electron chi connectivity index (χ0n) is 13.5. The van der Waals surface area contributed by atoms with Crippen molar-refractivity contribution in [3.63, 3.8) is 0 Å². The van der Waals surface area contributed by atoms with Crippen LogP contribution in [0, 0.1) is 0 Å². The molecule has 0 saturated heterocycles. The summed E-state index contributed by atoms with van der Waals surface area (Å²) in [6, 6.07) is 9.48. The number of pyridine rings is 1. The molecule has 5 rings (SSSR count). The maximum Gasteiger partial charge on any atom is 0.247 e. The van der Waals surface area contributed by atoms with Crippen molar-refractivity contribution in [3.8, 4) is 11.3 Å². The van der Waals surface area contributed by atoms with Crippen LogP contribution < -0.4 is 10.6 Å². The highest BCUT2D eigenvalue weighted by atomic mass is 16.1. The van der Waals surface area contributed by atoms with Crippen LogP contribution in [-0.4, -0.2) is 30.5 Å². The van der Waals surface area contributed by atoms with E-state index in [1.54, 1.807) is 29.3 Å². The van der Waals surface area contributed by atoms with Gasteiger partial charge in [-0.1, -0.05) is 0 Å². The molecule has 1 aromatic carbocycles. The molecular formula is C18H13N7O. The summed E-state index contributed by atoms with van der Waals surface area (Å²) >= 11 is 0. The molecule has 0 saturated carbocycles. The van der Waals surface area contributed by atoms with Crippen molar-refractivity contribution in [1.29, 1.82) is 0 Å². The van der Waals surface area contributed by atoms with Crippen LogP contribution in [-0.2, 0) is 11.2 Å². The first-order chi connectivity index (χ1) is 12.8. The minimum atomic E-state index is 0.00944. The molecule has 0 spiro atoms. The molecule has 0 bridgehead atoms. The third-order valence-corrected chi connectivity index (χ3v) is 4.18. The molecule has 1 aliphatic heterocycles. The number of benzene rings is 1. The van der Waals surface area contributed by atoms with Crippen molar-refractivity contribution in [2.75, 3.05) is 10.6 Å². The van der Waals surface area contributed by atoms with Crippen molar-refractivity contribution < 1.29 is 4.79 Å². The Bertz CT molecular complexity index is 1140. The maximum absolute atomic E-state index is 11.5.